The number of aromatic nitrogens is 4. The summed E-state index contributed by atoms with van der Waals surface area (Å²) in [5, 5.41) is 2.77. The topological polar surface area (TPSA) is 134 Å². The average molecular weight is 397 g/mol. The molecule has 0 radical (unpaired) electrons. The SMILES string of the molecule is CC(C)OC(=O)C(C)(C)N[P+](=O)COC(C)Cn1cnc2c(N)ncnc21. The van der Waals surface area contributed by atoms with Crippen LogP contribution in [0.2, 0.25) is 0 Å². The van der Waals surface area contributed by atoms with Crippen molar-refractivity contribution >= 4 is 30.9 Å². The van der Waals surface area contributed by atoms with Gasteiger partial charge in [0.05, 0.1) is 25.1 Å². The van der Waals surface area contributed by atoms with Gasteiger partial charge in [-0.05, 0) is 39.2 Å². The molecule has 0 amide bonds. The molecule has 2 aromatic rings. The Labute approximate surface area is 158 Å². The molecule has 0 fully saturated rings. The summed E-state index contributed by atoms with van der Waals surface area (Å²) in [6.07, 6.45) is 2.44. The second-order valence-corrected chi connectivity index (χ2v) is 8.24. The number of carbonyl (C=O) groups excluding carboxylic acids is 1. The standard InChI is InChI=1S/C16H26N6O4P/c1-10(2)26-15(23)16(4,5)21-27(24)9-25-11(3)6-22-8-20-12-13(17)18-7-19-14(12)22/h7-8,10-11H,6,9H2,1-5H3,(H,21,24)(H2,17,18,19)/q+1. The monoisotopic (exact) mass is 397 g/mol. The van der Waals surface area contributed by atoms with Gasteiger partial charge >= 0.3 is 13.9 Å². The van der Waals surface area contributed by atoms with E-state index in [1.807, 2.05) is 6.92 Å². The van der Waals surface area contributed by atoms with E-state index < -0.39 is 19.5 Å². The van der Waals surface area contributed by atoms with Crippen LogP contribution in [-0.4, -0.2) is 49.6 Å². The minimum Gasteiger partial charge on any atom is -0.462 e. The maximum absolute atomic E-state index is 12.3. The van der Waals surface area contributed by atoms with Gasteiger partial charge in [0.15, 0.2) is 17.0 Å². The Hall–Kier alpha value is -2.16. The predicted molar refractivity (Wildman–Crippen MR) is 101 cm³/mol. The van der Waals surface area contributed by atoms with Crippen LogP contribution in [0, 0.1) is 0 Å². The van der Waals surface area contributed by atoms with Crippen molar-refractivity contribution in [2.24, 2.45) is 0 Å². The highest BCUT2D eigenvalue weighted by atomic mass is 31.1. The van der Waals surface area contributed by atoms with Crippen molar-refractivity contribution in [3.8, 4) is 0 Å². The van der Waals surface area contributed by atoms with E-state index in [2.05, 4.69) is 20.0 Å². The number of rotatable bonds is 9. The van der Waals surface area contributed by atoms with Crippen LogP contribution in [-0.2, 0) is 25.4 Å². The number of fused-ring (bicyclic) bond motifs is 1. The van der Waals surface area contributed by atoms with Crippen molar-refractivity contribution in [3.05, 3.63) is 12.7 Å². The molecule has 2 rings (SSSR count). The summed E-state index contributed by atoms with van der Waals surface area (Å²) in [6.45, 7) is 9.06. The molecular weight excluding hydrogens is 371 g/mol. The third kappa shape index (κ3) is 5.66. The van der Waals surface area contributed by atoms with Crippen LogP contribution in [0.15, 0.2) is 12.7 Å². The van der Waals surface area contributed by atoms with E-state index in [9.17, 15) is 9.36 Å². The number of nitrogens with zero attached hydrogens (tertiary/aromatic N) is 4. The molecule has 2 atom stereocenters. The molecule has 0 bridgehead atoms. The first kappa shape index (κ1) is 21.1. The molecule has 10 nitrogen and oxygen atoms in total. The molecule has 0 aromatic carbocycles. The number of nitrogen functional groups attached to an aromatic ring is 1. The highest BCUT2D eigenvalue weighted by molar-refractivity contribution is 7.42. The van der Waals surface area contributed by atoms with E-state index in [0.29, 0.717) is 23.5 Å². The Morgan fingerprint density at radius 2 is 2.04 bits per heavy atom. The minimum atomic E-state index is -1.96. The van der Waals surface area contributed by atoms with Crippen LogP contribution >= 0.6 is 7.95 Å². The normalized spacial score (nSPS) is 13.8. The highest BCUT2D eigenvalue weighted by Crippen LogP contribution is 2.23. The molecule has 2 heterocycles. The first-order chi connectivity index (χ1) is 12.6. The van der Waals surface area contributed by atoms with Gasteiger partial charge in [-0.15, -0.1) is 0 Å². The number of hydrogen-bond donors (Lipinski definition) is 2. The maximum atomic E-state index is 12.3. The number of imidazole rings is 1. The van der Waals surface area contributed by atoms with E-state index in [-0.39, 0.29) is 18.6 Å². The average Bonchev–Trinajstić information content (AvgIpc) is 2.96. The van der Waals surface area contributed by atoms with Crippen molar-refractivity contribution < 1.29 is 18.8 Å². The predicted octanol–water partition coefficient (Wildman–Crippen LogP) is 1.83. The van der Waals surface area contributed by atoms with Gasteiger partial charge in [-0.25, -0.2) is 19.7 Å². The quantitative estimate of drug-likeness (QED) is 0.480. The zero-order valence-corrected chi connectivity index (χ0v) is 17.1. The first-order valence-electron chi connectivity index (χ1n) is 8.56. The van der Waals surface area contributed by atoms with Crippen molar-refractivity contribution in [2.75, 3.05) is 12.1 Å². The highest BCUT2D eigenvalue weighted by Gasteiger charge is 2.38. The van der Waals surface area contributed by atoms with E-state index >= 15 is 0 Å². The summed E-state index contributed by atoms with van der Waals surface area (Å²) >= 11 is 0. The molecule has 0 aliphatic heterocycles. The maximum Gasteiger partial charge on any atom is 0.461 e. The van der Waals surface area contributed by atoms with Crippen molar-refractivity contribution in [1.29, 1.82) is 0 Å². The lowest BCUT2D eigenvalue weighted by Crippen LogP contribution is -2.45. The number of esters is 1. The van der Waals surface area contributed by atoms with E-state index in [1.165, 1.54) is 6.33 Å². The van der Waals surface area contributed by atoms with Crippen LogP contribution in [0.1, 0.15) is 34.6 Å². The van der Waals surface area contributed by atoms with Crippen molar-refractivity contribution in [1.82, 2.24) is 24.6 Å². The van der Waals surface area contributed by atoms with Gasteiger partial charge in [0.25, 0.3) is 6.35 Å². The molecular formula is C16H26N6O4P+. The van der Waals surface area contributed by atoms with Gasteiger partial charge in [-0.1, -0.05) is 5.09 Å². The molecule has 0 aliphatic rings. The number of anilines is 1. The van der Waals surface area contributed by atoms with Gasteiger partial charge in [0.2, 0.25) is 0 Å². The van der Waals surface area contributed by atoms with Gasteiger partial charge in [0.1, 0.15) is 11.8 Å². The Morgan fingerprint density at radius 1 is 1.33 bits per heavy atom. The summed E-state index contributed by atoms with van der Waals surface area (Å²) in [4.78, 5) is 24.3. The molecule has 0 saturated carbocycles. The van der Waals surface area contributed by atoms with Crippen LogP contribution in [0.3, 0.4) is 0 Å². The molecule has 148 valence electrons. The second kappa shape index (κ2) is 8.69. The van der Waals surface area contributed by atoms with Crippen molar-refractivity contribution in [2.45, 2.75) is 58.9 Å². The fourth-order valence-electron chi connectivity index (χ4n) is 2.31. The molecule has 11 heteroatoms. The lowest BCUT2D eigenvalue weighted by atomic mass is 10.1. The van der Waals surface area contributed by atoms with Crippen LogP contribution < -0.4 is 10.8 Å². The molecule has 2 unspecified atom stereocenters. The summed E-state index contributed by atoms with van der Waals surface area (Å²) in [7, 11) is -1.96. The smallest absolute Gasteiger partial charge is 0.461 e. The molecule has 3 N–H and O–H groups in total. The Kier molecular flexibility index (Phi) is 6.80. The molecule has 0 spiro atoms. The number of hydrogen-bond acceptors (Lipinski definition) is 8. The summed E-state index contributed by atoms with van der Waals surface area (Å²) in [5.74, 6) is -0.147. The van der Waals surface area contributed by atoms with E-state index in [0.717, 1.165) is 0 Å². The van der Waals surface area contributed by atoms with Crippen LogP contribution in [0.4, 0.5) is 5.82 Å². The third-order valence-electron chi connectivity index (χ3n) is 3.62. The Balaban J connectivity index is 1.87. The number of carbonyl (C=O) groups is 1. The lowest BCUT2D eigenvalue weighted by Gasteiger charge is -2.20. The van der Waals surface area contributed by atoms with Gasteiger partial charge in [-0.2, -0.15) is 0 Å². The third-order valence-corrected chi connectivity index (χ3v) is 4.81. The number of nitrogens with two attached hydrogens (primary N) is 1. The van der Waals surface area contributed by atoms with Gasteiger partial charge < -0.3 is 19.8 Å². The van der Waals surface area contributed by atoms with Crippen LogP contribution in [0.25, 0.3) is 11.2 Å². The number of nitrogens with one attached hydrogen (secondary N) is 1. The largest absolute Gasteiger partial charge is 0.462 e. The Bertz CT molecular complexity index is 822. The van der Waals surface area contributed by atoms with Crippen LogP contribution in [0.5, 0.6) is 0 Å². The molecule has 27 heavy (non-hydrogen) atoms. The number of ether oxygens (including phenoxy) is 2. The fourth-order valence-corrected chi connectivity index (χ4v) is 3.48. The summed E-state index contributed by atoms with van der Waals surface area (Å²) < 4.78 is 24.9. The molecule has 0 saturated heterocycles. The Morgan fingerprint density at radius 3 is 2.70 bits per heavy atom. The molecule has 2 aromatic heterocycles. The van der Waals surface area contributed by atoms with Gasteiger partial charge in [-0.3, -0.25) is 0 Å². The first-order valence-corrected chi connectivity index (χ1v) is 10.0. The zero-order chi connectivity index (χ0) is 20.2. The summed E-state index contributed by atoms with van der Waals surface area (Å²) in [5.41, 5.74) is 5.84. The molecule has 0 aliphatic carbocycles. The van der Waals surface area contributed by atoms with E-state index in [1.54, 1.807) is 38.6 Å². The zero-order valence-electron chi connectivity index (χ0n) is 16.2. The second-order valence-electron chi connectivity index (χ2n) is 7.00. The van der Waals surface area contributed by atoms with Gasteiger partial charge in [0, 0.05) is 0 Å². The van der Waals surface area contributed by atoms with E-state index in [4.69, 9.17) is 15.2 Å². The van der Waals surface area contributed by atoms with Crippen molar-refractivity contribution in [3.63, 3.8) is 0 Å². The minimum absolute atomic E-state index is 0.0430. The lowest BCUT2D eigenvalue weighted by molar-refractivity contribution is -0.153. The fraction of sp³-hybridized carbons (Fsp3) is 0.625. The summed E-state index contributed by atoms with van der Waals surface area (Å²) in [6, 6.07) is 0.